The Morgan fingerprint density at radius 1 is 1.17 bits per heavy atom. The second-order valence-corrected chi connectivity index (χ2v) is 6.98. The number of hydrogen-bond acceptors (Lipinski definition) is 4. The van der Waals surface area contributed by atoms with E-state index in [1.165, 1.54) is 28.5 Å². The minimum absolute atomic E-state index is 0.00670. The molecule has 24 heavy (non-hydrogen) atoms. The fourth-order valence-corrected chi connectivity index (χ4v) is 3.48. The molecule has 0 aromatic heterocycles. The van der Waals surface area contributed by atoms with Gasteiger partial charge in [-0.3, -0.25) is 4.79 Å². The summed E-state index contributed by atoms with van der Waals surface area (Å²) in [6.07, 6.45) is 2.39. The molecule has 4 nitrogen and oxygen atoms in total. The Bertz CT molecular complexity index is 814. The van der Waals surface area contributed by atoms with Gasteiger partial charge in [-0.2, -0.15) is 5.10 Å². The van der Waals surface area contributed by atoms with Gasteiger partial charge < -0.3 is 5.32 Å². The van der Waals surface area contributed by atoms with E-state index >= 15 is 0 Å². The van der Waals surface area contributed by atoms with Crippen LogP contribution >= 0.6 is 11.8 Å². The quantitative estimate of drug-likeness (QED) is 0.686. The molecule has 1 unspecified atom stereocenters. The second-order valence-electron chi connectivity index (χ2n) is 5.79. The minimum Gasteiger partial charge on any atom is -0.303 e. The van der Waals surface area contributed by atoms with Crippen molar-refractivity contribution in [1.82, 2.24) is 5.32 Å². The van der Waals surface area contributed by atoms with E-state index in [4.69, 9.17) is 0 Å². The minimum atomic E-state index is -0.154. The van der Waals surface area contributed by atoms with Crippen molar-refractivity contribution in [3.05, 3.63) is 70.8 Å². The first-order chi connectivity index (χ1) is 11.6. The van der Waals surface area contributed by atoms with Crippen LogP contribution in [0, 0.1) is 13.8 Å². The SMILES string of the molecule is Cc1cccc(C=NN=C2NC(=O)C(Cc3ccccc3C)S2)c1. The highest BCUT2D eigenvalue weighted by atomic mass is 32.2. The molecule has 122 valence electrons. The van der Waals surface area contributed by atoms with Gasteiger partial charge in [0.25, 0.3) is 0 Å². The largest absolute Gasteiger partial charge is 0.303 e. The number of aryl methyl sites for hydroxylation is 2. The molecular weight excluding hydrogens is 318 g/mol. The van der Waals surface area contributed by atoms with Crippen LogP contribution in [0.5, 0.6) is 0 Å². The highest BCUT2D eigenvalue weighted by Crippen LogP contribution is 2.24. The Labute approximate surface area is 146 Å². The summed E-state index contributed by atoms with van der Waals surface area (Å²) >= 11 is 1.44. The lowest BCUT2D eigenvalue weighted by molar-refractivity contribution is -0.118. The first-order valence-corrected chi connectivity index (χ1v) is 8.69. The molecule has 1 N–H and O–H groups in total. The molecule has 0 bridgehead atoms. The fourth-order valence-electron chi connectivity index (χ4n) is 2.52. The topological polar surface area (TPSA) is 53.8 Å². The standard InChI is InChI=1S/C19H19N3OS/c1-13-6-5-8-15(10-13)12-20-22-19-21-18(23)17(24-19)11-16-9-4-3-7-14(16)2/h3-10,12,17H,11H2,1-2H3,(H,21,22,23). The van der Waals surface area contributed by atoms with Crippen LogP contribution in [0.25, 0.3) is 0 Å². The first kappa shape index (κ1) is 16.5. The number of amides is 1. The Hall–Kier alpha value is -2.40. The van der Waals surface area contributed by atoms with Crippen LogP contribution in [0.4, 0.5) is 0 Å². The summed E-state index contributed by atoms with van der Waals surface area (Å²) in [6, 6.07) is 16.2. The van der Waals surface area contributed by atoms with E-state index in [0.29, 0.717) is 11.6 Å². The zero-order valence-corrected chi connectivity index (χ0v) is 14.5. The molecule has 0 radical (unpaired) electrons. The van der Waals surface area contributed by atoms with Crippen molar-refractivity contribution in [2.75, 3.05) is 0 Å². The number of carbonyl (C=O) groups is 1. The van der Waals surface area contributed by atoms with Gasteiger partial charge in [0.05, 0.1) is 11.5 Å². The maximum Gasteiger partial charge on any atom is 0.239 e. The monoisotopic (exact) mass is 337 g/mol. The van der Waals surface area contributed by atoms with Gasteiger partial charge in [-0.15, -0.1) is 5.10 Å². The fraction of sp³-hybridized carbons (Fsp3) is 0.211. The molecule has 0 spiro atoms. The molecule has 1 aliphatic heterocycles. The zero-order chi connectivity index (χ0) is 16.9. The number of hydrogen-bond donors (Lipinski definition) is 1. The Morgan fingerprint density at radius 2 is 2.00 bits per heavy atom. The summed E-state index contributed by atoms with van der Waals surface area (Å²) in [4.78, 5) is 12.1. The summed E-state index contributed by atoms with van der Waals surface area (Å²) < 4.78 is 0. The predicted molar refractivity (Wildman–Crippen MR) is 101 cm³/mol. The van der Waals surface area contributed by atoms with Crippen molar-refractivity contribution in [1.29, 1.82) is 0 Å². The molecular formula is C19H19N3OS. The molecule has 1 heterocycles. The summed E-state index contributed by atoms with van der Waals surface area (Å²) in [6.45, 7) is 4.10. The summed E-state index contributed by atoms with van der Waals surface area (Å²) in [5, 5.41) is 11.4. The average molecular weight is 337 g/mol. The Kier molecular flexibility index (Phi) is 5.11. The molecule has 2 aromatic carbocycles. The molecule has 1 amide bonds. The third-order valence-electron chi connectivity index (χ3n) is 3.84. The lowest BCUT2D eigenvalue weighted by Gasteiger charge is -2.07. The summed E-state index contributed by atoms with van der Waals surface area (Å²) in [5.41, 5.74) is 4.56. The van der Waals surface area contributed by atoms with E-state index < -0.39 is 0 Å². The van der Waals surface area contributed by atoms with Gasteiger partial charge in [0.15, 0.2) is 5.17 Å². The molecule has 3 rings (SSSR count). The van der Waals surface area contributed by atoms with E-state index in [9.17, 15) is 4.79 Å². The normalized spacial score (nSPS) is 19.2. The van der Waals surface area contributed by atoms with Crippen LogP contribution in [0.3, 0.4) is 0 Å². The number of thioether (sulfide) groups is 1. The van der Waals surface area contributed by atoms with E-state index in [1.54, 1.807) is 6.21 Å². The highest BCUT2D eigenvalue weighted by Gasteiger charge is 2.30. The van der Waals surface area contributed by atoms with Crippen molar-refractivity contribution in [2.45, 2.75) is 25.5 Å². The molecule has 1 saturated heterocycles. The van der Waals surface area contributed by atoms with Crippen LogP contribution in [0.1, 0.15) is 22.3 Å². The number of carbonyl (C=O) groups excluding carboxylic acids is 1. The van der Waals surface area contributed by atoms with Gasteiger partial charge in [-0.25, -0.2) is 0 Å². The van der Waals surface area contributed by atoms with E-state index in [1.807, 2.05) is 43.3 Å². The van der Waals surface area contributed by atoms with Crippen molar-refractivity contribution >= 4 is 29.1 Å². The number of nitrogens with one attached hydrogen (secondary N) is 1. The summed E-state index contributed by atoms with van der Waals surface area (Å²) in [5.74, 6) is -0.00670. The predicted octanol–water partition coefficient (Wildman–Crippen LogP) is 3.47. The van der Waals surface area contributed by atoms with E-state index in [0.717, 1.165) is 5.56 Å². The van der Waals surface area contributed by atoms with Crippen molar-refractivity contribution in [3.63, 3.8) is 0 Å². The van der Waals surface area contributed by atoms with Crippen molar-refractivity contribution in [2.24, 2.45) is 10.2 Å². The van der Waals surface area contributed by atoms with Gasteiger partial charge in [0.1, 0.15) is 0 Å². The maximum absolute atomic E-state index is 12.1. The zero-order valence-electron chi connectivity index (χ0n) is 13.7. The van der Waals surface area contributed by atoms with Gasteiger partial charge >= 0.3 is 0 Å². The van der Waals surface area contributed by atoms with Crippen LogP contribution in [0.15, 0.2) is 58.7 Å². The van der Waals surface area contributed by atoms with E-state index in [2.05, 4.69) is 34.6 Å². The smallest absolute Gasteiger partial charge is 0.239 e. The Morgan fingerprint density at radius 3 is 2.79 bits per heavy atom. The third-order valence-corrected chi connectivity index (χ3v) is 4.91. The van der Waals surface area contributed by atoms with Crippen LogP contribution in [-0.2, 0) is 11.2 Å². The lowest BCUT2D eigenvalue weighted by atomic mass is 10.0. The van der Waals surface area contributed by atoms with Gasteiger partial charge in [0.2, 0.25) is 5.91 Å². The molecule has 0 aliphatic carbocycles. The Balaban J connectivity index is 1.65. The number of rotatable bonds is 4. The molecule has 1 aliphatic rings. The molecule has 5 heteroatoms. The summed E-state index contributed by atoms with van der Waals surface area (Å²) in [7, 11) is 0. The first-order valence-electron chi connectivity index (χ1n) is 7.81. The van der Waals surface area contributed by atoms with Gasteiger partial charge in [-0.05, 0) is 37.0 Å². The van der Waals surface area contributed by atoms with E-state index in [-0.39, 0.29) is 11.2 Å². The van der Waals surface area contributed by atoms with Crippen molar-refractivity contribution in [3.8, 4) is 0 Å². The van der Waals surface area contributed by atoms with Gasteiger partial charge in [0, 0.05) is 0 Å². The van der Waals surface area contributed by atoms with Crippen LogP contribution < -0.4 is 5.32 Å². The molecule has 2 aromatic rings. The third kappa shape index (κ3) is 4.11. The van der Waals surface area contributed by atoms with Crippen LogP contribution in [-0.4, -0.2) is 22.5 Å². The van der Waals surface area contributed by atoms with Gasteiger partial charge in [-0.1, -0.05) is 65.9 Å². The number of nitrogens with zero attached hydrogens (tertiary/aromatic N) is 2. The molecule has 1 atom stereocenters. The number of benzene rings is 2. The molecule has 1 fully saturated rings. The number of amidine groups is 1. The second kappa shape index (κ2) is 7.45. The maximum atomic E-state index is 12.1. The average Bonchev–Trinajstić information content (AvgIpc) is 2.90. The van der Waals surface area contributed by atoms with Crippen LogP contribution in [0.2, 0.25) is 0 Å². The highest BCUT2D eigenvalue weighted by molar-refractivity contribution is 8.15. The molecule has 0 saturated carbocycles. The van der Waals surface area contributed by atoms with Crippen molar-refractivity contribution < 1.29 is 4.79 Å². The lowest BCUT2D eigenvalue weighted by Crippen LogP contribution is -2.26.